The van der Waals surface area contributed by atoms with E-state index in [1.165, 1.54) is 5.56 Å². The summed E-state index contributed by atoms with van der Waals surface area (Å²) in [7, 11) is 0. The Morgan fingerprint density at radius 2 is 1.17 bits per heavy atom. The lowest BCUT2D eigenvalue weighted by Crippen LogP contribution is -1.99. The number of rotatable bonds is 2. The first-order valence-electron chi connectivity index (χ1n) is 9.71. The number of hydrogen-bond acceptors (Lipinski definition) is 2. The minimum atomic E-state index is 0.909. The fourth-order valence-electron chi connectivity index (χ4n) is 4.07. The van der Waals surface area contributed by atoms with Crippen molar-refractivity contribution in [1.82, 2.24) is 14.4 Å². The zero-order chi connectivity index (χ0) is 19.2. The molecule has 29 heavy (non-hydrogen) atoms. The van der Waals surface area contributed by atoms with Crippen LogP contribution in [0.15, 0.2) is 103 Å². The van der Waals surface area contributed by atoms with Crippen molar-refractivity contribution in [2.24, 2.45) is 0 Å². The van der Waals surface area contributed by atoms with Gasteiger partial charge in [-0.3, -0.25) is 4.40 Å². The molecule has 4 aromatic carbocycles. The number of benzene rings is 4. The third kappa shape index (κ3) is 2.44. The number of nitrogens with zero attached hydrogens (tertiary/aromatic N) is 3. The molecule has 3 heteroatoms. The van der Waals surface area contributed by atoms with Gasteiger partial charge in [-0.2, -0.15) is 0 Å². The Hall–Kier alpha value is -3.98. The molecule has 0 fully saturated rings. The summed E-state index contributed by atoms with van der Waals surface area (Å²) in [6.07, 6.45) is 0. The number of fused-ring (bicyclic) bond motifs is 5. The molecule has 6 aromatic rings. The minimum absolute atomic E-state index is 0.909. The molecular formula is C26H17N3. The maximum Gasteiger partial charge on any atom is 0.149 e. The summed E-state index contributed by atoms with van der Waals surface area (Å²) in [5.41, 5.74) is 7.37. The zero-order valence-corrected chi connectivity index (χ0v) is 15.7. The summed E-state index contributed by atoms with van der Waals surface area (Å²) in [5.74, 6) is 0.909. The maximum absolute atomic E-state index is 5.11. The fraction of sp³-hybridized carbons (Fsp3) is 0. The standard InChI is InChI=1S/C26H17N3/c1-2-10-18(11-3-1)19-12-4-5-13-20(19)25-27-22-15-7-6-14-21(22)26-28-23-16-8-9-17-24(23)29(25)26/h1-17H. The van der Waals surface area contributed by atoms with E-state index in [4.69, 9.17) is 9.97 Å². The van der Waals surface area contributed by atoms with Gasteiger partial charge in [0.05, 0.1) is 16.6 Å². The van der Waals surface area contributed by atoms with Gasteiger partial charge in [-0.15, -0.1) is 0 Å². The summed E-state index contributed by atoms with van der Waals surface area (Å²) in [4.78, 5) is 10.1. The van der Waals surface area contributed by atoms with Crippen LogP contribution in [0.2, 0.25) is 0 Å². The molecular weight excluding hydrogens is 354 g/mol. The van der Waals surface area contributed by atoms with Crippen LogP contribution in [-0.2, 0) is 0 Å². The van der Waals surface area contributed by atoms with Gasteiger partial charge in [0, 0.05) is 10.9 Å². The van der Waals surface area contributed by atoms with E-state index in [1.807, 2.05) is 24.3 Å². The average Bonchev–Trinajstić information content (AvgIpc) is 3.19. The highest BCUT2D eigenvalue weighted by Gasteiger charge is 2.17. The van der Waals surface area contributed by atoms with E-state index in [-0.39, 0.29) is 0 Å². The molecule has 0 aliphatic heterocycles. The number of para-hydroxylation sites is 3. The summed E-state index contributed by atoms with van der Waals surface area (Å²) < 4.78 is 2.19. The van der Waals surface area contributed by atoms with E-state index in [9.17, 15) is 0 Å². The van der Waals surface area contributed by atoms with E-state index >= 15 is 0 Å². The highest BCUT2D eigenvalue weighted by molar-refractivity contribution is 5.99. The summed E-state index contributed by atoms with van der Waals surface area (Å²) in [6, 6.07) is 35.4. The maximum atomic E-state index is 5.11. The van der Waals surface area contributed by atoms with Crippen LogP contribution in [0.5, 0.6) is 0 Å². The highest BCUT2D eigenvalue weighted by atomic mass is 15.1. The summed E-state index contributed by atoms with van der Waals surface area (Å²) in [6.45, 7) is 0. The van der Waals surface area contributed by atoms with Crippen LogP contribution in [0.25, 0.3) is 50.1 Å². The van der Waals surface area contributed by atoms with Gasteiger partial charge in [0.1, 0.15) is 11.5 Å². The fourth-order valence-corrected chi connectivity index (χ4v) is 4.07. The second kappa shape index (κ2) is 6.28. The van der Waals surface area contributed by atoms with Gasteiger partial charge in [0.15, 0.2) is 0 Å². The molecule has 2 heterocycles. The lowest BCUT2D eigenvalue weighted by atomic mass is 9.99. The zero-order valence-electron chi connectivity index (χ0n) is 15.7. The van der Waals surface area contributed by atoms with Crippen LogP contribution in [0.1, 0.15) is 0 Å². The number of aromatic nitrogens is 3. The molecule has 6 rings (SSSR count). The first-order chi connectivity index (χ1) is 14.4. The van der Waals surface area contributed by atoms with Gasteiger partial charge in [-0.1, -0.05) is 78.9 Å². The molecule has 0 aliphatic carbocycles. The van der Waals surface area contributed by atoms with Crippen molar-refractivity contribution in [2.75, 3.05) is 0 Å². The molecule has 0 N–H and O–H groups in total. The molecule has 0 saturated carbocycles. The van der Waals surface area contributed by atoms with Crippen LogP contribution >= 0.6 is 0 Å². The molecule has 0 amide bonds. The Bertz CT molecular complexity index is 1500. The van der Waals surface area contributed by atoms with Crippen molar-refractivity contribution >= 4 is 27.6 Å². The van der Waals surface area contributed by atoms with Crippen molar-refractivity contribution in [1.29, 1.82) is 0 Å². The predicted octanol–water partition coefficient (Wildman–Crippen LogP) is 6.37. The van der Waals surface area contributed by atoms with Crippen molar-refractivity contribution < 1.29 is 0 Å². The van der Waals surface area contributed by atoms with Crippen LogP contribution in [0.3, 0.4) is 0 Å². The topological polar surface area (TPSA) is 30.2 Å². The molecule has 0 aliphatic rings. The molecule has 0 radical (unpaired) electrons. The monoisotopic (exact) mass is 371 g/mol. The lowest BCUT2D eigenvalue weighted by Gasteiger charge is -2.13. The van der Waals surface area contributed by atoms with E-state index < -0.39 is 0 Å². The van der Waals surface area contributed by atoms with Crippen LogP contribution in [0, 0.1) is 0 Å². The average molecular weight is 371 g/mol. The summed E-state index contributed by atoms with van der Waals surface area (Å²) >= 11 is 0. The van der Waals surface area contributed by atoms with Crippen LogP contribution in [-0.4, -0.2) is 14.4 Å². The quantitative estimate of drug-likeness (QED) is 0.354. The van der Waals surface area contributed by atoms with E-state index in [0.29, 0.717) is 0 Å². The molecule has 0 saturated heterocycles. The van der Waals surface area contributed by atoms with Crippen molar-refractivity contribution in [3.63, 3.8) is 0 Å². The first-order valence-corrected chi connectivity index (χ1v) is 9.71. The second-order valence-corrected chi connectivity index (χ2v) is 7.12. The Morgan fingerprint density at radius 1 is 0.517 bits per heavy atom. The van der Waals surface area contributed by atoms with Crippen LogP contribution < -0.4 is 0 Å². The lowest BCUT2D eigenvalue weighted by molar-refractivity contribution is 1.16. The van der Waals surface area contributed by atoms with E-state index in [2.05, 4.69) is 83.3 Å². The third-order valence-electron chi connectivity index (χ3n) is 5.40. The van der Waals surface area contributed by atoms with Gasteiger partial charge in [-0.05, 0) is 35.4 Å². The minimum Gasteiger partial charge on any atom is -0.276 e. The van der Waals surface area contributed by atoms with Crippen molar-refractivity contribution in [3.05, 3.63) is 103 Å². The van der Waals surface area contributed by atoms with Gasteiger partial charge in [0.2, 0.25) is 0 Å². The van der Waals surface area contributed by atoms with E-state index in [1.54, 1.807) is 0 Å². The number of imidazole rings is 1. The smallest absolute Gasteiger partial charge is 0.149 e. The number of hydrogen-bond donors (Lipinski definition) is 0. The molecule has 0 atom stereocenters. The molecule has 3 nitrogen and oxygen atoms in total. The SMILES string of the molecule is c1ccc(-c2ccccc2-c2nc3ccccc3c3nc4ccccc4n23)cc1. The highest BCUT2D eigenvalue weighted by Crippen LogP contribution is 2.34. The Balaban J connectivity index is 1.79. The van der Waals surface area contributed by atoms with E-state index in [0.717, 1.165) is 44.5 Å². The molecule has 2 aromatic heterocycles. The van der Waals surface area contributed by atoms with Gasteiger partial charge in [0.25, 0.3) is 0 Å². The predicted molar refractivity (Wildman–Crippen MR) is 119 cm³/mol. The van der Waals surface area contributed by atoms with Gasteiger partial charge >= 0.3 is 0 Å². The third-order valence-corrected chi connectivity index (χ3v) is 5.40. The molecule has 0 bridgehead atoms. The van der Waals surface area contributed by atoms with Gasteiger partial charge in [-0.25, -0.2) is 9.97 Å². The molecule has 0 spiro atoms. The molecule has 0 unspecified atom stereocenters. The first kappa shape index (κ1) is 16.0. The Morgan fingerprint density at radius 3 is 2.03 bits per heavy atom. The summed E-state index contributed by atoms with van der Waals surface area (Å²) in [5, 5.41) is 1.06. The van der Waals surface area contributed by atoms with Crippen LogP contribution in [0.4, 0.5) is 0 Å². The largest absolute Gasteiger partial charge is 0.276 e. The Kier molecular flexibility index (Phi) is 3.47. The molecule has 136 valence electrons. The van der Waals surface area contributed by atoms with Gasteiger partial charge < -0.3 is 0 Å². The normalized spacial score (nSPS) is 11.4. The van der Waals surface area contributed by atoms with Crippen molar-refractivity contribution in [3.8, 4) is 22.5 Å². The second-order valence-electron chi connectivity index (χ2n) is 7.12. The van der Waals surface area contributed by atoms with Crippen molar-refractivity contribution in [2.45, 2.75) is 0 Å². The Labute approximate surface area is 167 Å².